The summed E-state index contributed by atoms with van der Waals surface area (Å²) in [7, 11) is 1.91. The summed E-state index contributed by atoms with van der Waals surface area (Å²) < 4.78 is 42.8. The Bertz CT molecular complexity index is 862. The summed E-state index contributed by atoms with van der Waals surface area (Å²) in [4.78, 5) is 22.1. The van der Waals surface area contributed by atoms with Crippen LogP contribution in [-0.2, 0) is 17.5 Å². The maximum absolute atomic E-state index is 12.5. The molecule has 0 N–H and O–H groups in total. The molecule has 0 unspecified atom stereocenters. The quantitative estimate of drug-likeness (QED) is 0.406. The Balaban J connectivity index is 2.08. The molecular weight excluding hydrogens is 371 g/mol. The summed E-state index contributed by atoms with van der Waals surface area (Å²) in [6.07, 6.45) is -1.73. The summed E-state index contributed by atoms with van der Waals surface area (Å²) in [5.41, 5.74) is 2.04. The fourth-order valence-corrected chi connectivity index (χ4v) is 2.31. The molecule has 28 heavy (non-hydrogen) atoms. The van der Waals surface area contributed by atoms with E-state index in [2.05, 4.69) is 9.98 Å². The number of halogens is 3. The van der Waals surface area contributed by atoms with Crippen molar-refractivity contribution in [1.82, 2.24) is 9.88 Å². The lowest BCUT2D eigenvalue weighted by Crippen LogP contribution is -2.14. The summed E-state index contributed by atoms with van der Waals surface area (Å²) >= 11 is 0. The molecule has 0 aliphatic carbocycles. The van der Waals surface area contributed by atoms with Gasteiger partial charge in [-0.05, 0) is 50.1 Å². The summed E-state index contributed by atoms with van der Waals surface area (Å²) in [5, 5.41) is 0. The van der Waals surface area contributed by atoms with Gasteiger partial charge in [-0.25, -0.2) is 9.79 Å². The Morgan fingerprint density at radius 1 is 1.25 bits per heavy atom. The van der Waals surface area contributed by atoms with Crippen LogP contribution in [0.4, 0.5) is 18.9 Å². The van der Waals surface area contributed by atoms with E-state index in [-0.39, 0.29) is 6.61 Å². The van der Waals surface area contributed by atoms with Crippen LogP contribution >= 0.6 is 0 Å². The first-order valence-corrected chi connectivity index (χ1v) is 8.66. The zero-order valence-corrected chi connectivity index (χ0v) is 16.2. The highest BCUT2D eigenvalue weighted by atomic mass is 19.4. The molecule has 0 aliphatic rings. The van der Waals surface area contributed by atoms with Crippen molar-refractivity contribution in [3.63, 3.8) is 0 Å². The van der Waals surface area contributed by atoms with Crippen LogP contribution in [0.15, 0.2) is 35.5 Å². The van der Waals surface area contributed by atoms with Crippen molar-refractivity contribution in [3.8, 4) is 0 Å². The first-order chi connectivity index (χ1) is 13.1. The largest absolute Gasteiger partial charge is 0.457 e. The van der Waals surface area contributed by atoms with Crippen LogP contribution in [0, 0.1) is 13.8 Å². The number of nitrogens with zero attached hydrogens (tertiary/aromatic N) is 3. The van der Waals surface area contributed by atoms with Gasteiger partial charge < -0.3 is 9.64 Å². The van der Waals surface area contributed by atoms with Gasteiger partial charge >= 0.3 is 12.1 Å². The zero-order chi connectivity index (χ0) is 20.9. The standard InChI is InChI=1S/C20H22F3N3O2/c1-5-26(4)12-25-17-9-13(2)16(8-14(17)3)19(27)28-11-15-6-7-18(24-10-15)20(21,22)23/h6-10,12H,5,11H2,1-4H3/b25-12+. The van der Waals surface area contributed by atoms with E-state index in [1.165, 1.54) is 6.07 Å². The Morgan fingerprint density at radius 2 is 1.96 bits per heavy atom. The lowest BCUT2D eigenvalue weighted by Gasteiger charge is -2.12. The van der Waals surface area contributed by atoms with E-state index in [9.17, 15) is 18.0 Å². The van der Waals surface area contributed by atoms with Crippen LogP contribution < -0.4 is 0 Å². The van der Waals surface area contributed by atoms with Gasteiger partial charge in [-0.15, -0.1) is 0 Å². The fraction of sp³-hybridized carbons (Fsp3) is 0.350. The average molecular weight is 393 g/mol. The fourth-order valence-electron chi connectivity index (χ4n) is 2.31. The molecule has 0 bridgehead atoms. The van der Waals surface area contributed by atoms with E-state index >= 15 is 0 Å². The third kappa shape index (κ3) is 5.55. The lowest BCUT2D eigenvalue weighted by atomic mass is 10.0. The predicted octanol–water partition coefficient (Wildman–Crippen LogP) is 4.69. The van der Waals surface area contributed by atoms with Crippen molar-refractivity contribution in [2.24, 2.45) is 4.99 Å². The number of carbonyl (C=O) groups is 1. The number of esters is 1. The molecule has 0 aliphatic heterocycles. The van der Waals surface area contributed by atoms with Gasteiger partial charge in [0.25, 0.3) is 0 Å². The van der Waals surface area contributed by atoms with E-state index in [4.69, 9.17) is 4.74 Å². The molecule has 150 valence electrons. The van der Waals surface area contributed by atoms with Crippen LogP contribution in [-0.4, -0.2) is 35.8 Å². The Hall–Kier alpha value is -2.90. The molecule has 1 heterocycles. The van der Waals surface area contributed by atoms with E-state index in [0.29, 0.717) is 16.7 Å². The van der Waals surface area contributed by atoms with Crippen LogP contribution in [0.25, 0.3) is 0 Å². The molecule has 5 nitrogen and oxygen atoms in total. The van der Waals surface area contributed by atoms with Crippen LogP contribution in [0.5, 0.6) is 0 Å². The van der Waals surface area contributed by atoms with Gasteiger partial charge in [0.1, 0.15) is 12.3 Å². The van der Waals surface area contributed by atoms with E-state index < -0.39 is 17.8 Å². The summed E-state index contributed by atoms with van der Waals surface area (Å²) in [6, 6.07) is 5.59. The minimum Gasteiger partial charge on any atom is -0.457 e. The van der Waals surface area contributed by atoms with Gasteiger partial charge in [-0.1, -0.05) is 6.07 Å². The van der Waals surface area contributed by atoms with Crippen molar-refractivity contribution in [3.05, 3.63) is 58.4 Å². The van der Waals surface area contributed by atoms with Gasteiger partial charge in [-0.3, -0.25) is 4.98 Å². The van der Waals surface area contributed by atoms with Gasteiger partial charge in [0.2, 0.25) is 0 Å². The Labute approximate surface area is 161 Å². The van der Waals surface area contributed by atoms with Gasteiger partial charge in [-0.2, -0.15) is 13.2 Å². The van der Waals surface area contributed by atoms with Gasteiger partial charge in [0.05, 0.1) is 17.6 Å². The molecule has 8 heteroatoms. The molecule has 2 rings (SSSR count). The molecular formula is C20H22F3N3O2. The second-order valence-corrected chi connectivity index (χ2v) is 6.40. The monoisotopic (exact) mass is 393 g/mol. The molecule has 2 aromatic rings. The predicted molar refractivity (Wildman–Crippen MR) is 101 cm³/mol. The molecule has 0 radical (unpaired) electrons. The Kier molecular flexibility index (Phi) is 6.77. The molecule has 0 saturated heterocycles. The number of hydrogen-bond acceptors (Lipinski definition) is 4. The number of benzene rings is 1. The second-order valence-electron chi connectivity index (χ2n) is 6.40. The Morgan fingerprint density at radius 3 is 2.54 bits per heavy atom. The molecule has 1 aromatic heterocycles. The lowest BCUT2D eigenvalue weighted by molar-refractivity contribution is -0.141. The minimum absolute atomic E-state index is 0.163. The highest BCUT2D eigenvalue weighted by Gasteiger charge is 2.32. The first kappa shape index (κ1) is 21.4. The average Bonchev–Trinajstić information content (AvgIpc) is 2.65. The minimum atomic E-state index is -4.50. The molecule has 0 atom stereocenters. The van der Waals surface area contributed by atoms with Crippen LogP contribution in [0.3, 0.4) is 0 Å². The SMILES string of the molecule is CCN(C)/C=N/c1cc(C)c(C(=O)OCc2ccc(C(F)(F)F)nc2)cc1C. The zero-order valence-electron chi connectivity index (χ0n) is 16.2. The van der Waals surface area contributed by atoms with Crippen molar-refractivity contribution < 1.29 is 22.7 Å². The second kappa shape index (κ2) is 8.86. The number of hydrogen-bond donors (Lipinski definition) is 0. The van der Waals surface area contributed by atoms with E-state index in [0.717, 1.165) is 30.1 Å². The number of aliphatic imine (C=N–C) groups is 1. The smallest absolute Gasteiger partial charge is 0.433 e. The van der Waals surface area contributed by atoms with Crippen molar-refractivity contribution in [1.29, 1.82) is 0 Å². The molecule has 0 saturated carbocycles. The van der Waals surface area contributed by atoms with Crippen LogP contribution in [0.1, 0.15) is 39.7 Å². The number of ether oxygens (including phenoxy) is 1. The normalized spacial score (nSPS) is 11.7. The topological polar surface area (TPSA) is 54.8 Å². The maximum Gasteiger partial charge on any atom is 0.433 e. The third-order valence-electron chi connectivity index (χ3n) is 4.14. The maximum atomic E-state index is 12.5. The number of aromatic nitrogens is 1. The number of pyridine rings is 1. The summed E-state index contributed by atoms with van der Waals surface area (Å²) in [6.45, 7) is 6.29. The number of rotatable bonds is 6. The molecule has 0 spiro atoms. The third-order valence-corrected chi connectivity index (χ3v) is 4.14. The van der Waals surface area contributed by atoms with Gasteiger partial charge in [0, 0.05) is 25.4 Å². The van der Waals surface area contributed by atoms with E-state index in [1.54, 1.807) is 25.4 Å². The van der Waals surface area contributed by atoms with E-state index in [1.807, 2.05) is 25.8 Å². The molecule has 0 amide bonds. The highest BCUT2D eigenvalue weighted by Crippen LogP contribution is 2.27. The van der Waals surface area contributed by atoms with Crippen molar-refractivity contribution in [2.75, 3.05) is 13.6 Å². The first-order valence-electron chi connectivity index (χ1n) is 8.66. The number of carbonyl (C=O) groups excluding carboxylic acids is 1. The number of alkyl halides is 3. The molecule has 1 aromatic carbocycles. The number of aryl methyl sites for hydroxylation is 2. The van der Waals surface area contributed by atoms with Crippen molar-refractivity contribution >= 4 is 18.0 Å². The highest BCUT2D eigenvalue weighted by molar-refractivity contribution is 5.92. The van der Waals surface area contributed by atoms with Gasteiger partial charge in [0.15, 0.2) is 0 Å². The van der Waals surface area contributed by atoms with Crippen molar-refractivity contribution in [2.45, 2.75) is 33.6 Å². The van der Waals surface area contributed by atoms with Crippen LogP contribution in [0.2, 0.25) is 0 Å². The summed E-state index contributed by atoms with van der Waals surface area (Å²) in [5.74, 6) is -0.554. The molecule has 0 fully saturated rings.